The van der Waals surface area contributed by atoms with E-state index >= 15 is 0 Å². The zero-order valence-electron chi connectivity index (χ0n) is 9.16. The first-order valence-corrected chi connectivity index (χ1v) is 5.97. The molecule has 1 fully saturated rings. The smallest absolute Gasteiger partial charge is 0.224 e. The Morgan fingerprint density at radius 1 is 1.47 bits per heavy atom. The van der Waals surface area contributed by atoms with Gasteiger partial charge in [-0.25, -0.2) is 0 Å². The largest absolute Gasteiger partial charge is 0.489 e. The van der Waals surface area contributed by atoms with Gasteiger partial charge in [0.1, 0.15) is 18.5 Å². The van der Waals surface area contributed by atoms with Crippen LogP contribution in [0.25, 0.3) is 0 Å². The zero-order chi connectivity index (χ0) is 11.8. The molecule has 2 aliphatic heterocycles. The Bertz CT molecular complexity index is 471. The Balaban J connectivity index is 1.82. The predicted octanol–water partition coefficient (Wildman–Crippen LogP) is 2.00. The number of amides is 1. The van der Waals surface area contributed by atoms with E-state index in [1.54, 1.807) is 6.07 Å². The van der Waals surface area contributed by atoms with E-state index < -0.39 is 0 Å². The first-order valence-electron chi connectivity index (χ1n) is 5.59. The van der Waals surface area contributed by atoms with Crippen LogP contribution in [-0.2, 0) is 16.0 Å². The number of epoxide rings is 1. The fraction of sp³-hybridized carbons (Fsp3) is 0.417. The molecule has 1 N–H and O–H groups in total. The van der Waals surface area contributed by atoms with Crippen molar-refractivity contribution in [1.82, 2.24) is 0 Å². The quantitative estimate of drug-likeness (QED) is 0.839. The molecule has 0 bridgehead atoms. The number of rotatable bonds is 3. The molecule has 3 rings (SSSR count). The maximum atomic E-state index is 11.3. The Hall–Kier alpha value is -1.26. The summed E-state index contributed by atoms with van der Waals surface area (Å²) in [6.45, 7) is 1.26. The fourth-order valence-corrected chi connectivity index (χ4v) is 2.08. The summed E-state index contributed by atoms with van der Waals surface area (Å²) in [5.41, 5.74) is 1.86. The van der Waals surface area contributed by atoms with Crippen LogP contribution in [0.2, 0.25) is 5.02 Å². The molecule has 1 saturated heterocycles. The van der Waals surface area contributed by atoms with E-state index in [-0.39, 0.29) is 12.0 Å². The van der Waals surface area contributed by atoms with E-state index in [0.29, 0.717) is 23.8 Å². The average Bonchev–Trinajstić information content (AvgIpc) is 3.11. The summed E-state index contributed by atoms with van der Waals surface area (Å²) < 4.78 is 10.6. The van der Waals surface area contributed by atoms with Crippen molar-refractivity contribution in [2.45, 2.75) is 18.9 Å². The molecular weight excluding hydrogens is 242 g/mol. The van der Waals surface area contributed by atoms with E-state index in [1.807, 2.05) is 6.07 Å². The second-order valence-corrected chi connectivity index (χ2v) is 4.66. The standard InChI is InChI=1S/C12H12ClNO3/c13-9-3-7-1-2-12(15)14-10(7)4-11(9)17-6-8-5-16-8/h3-4,8H,1-2,5-6H2,(H,14,15). The van der Waals surface area contributed by atoms with Crippen molar-refractivity contribution < 1.29 is 14.3 Å². The molecule has 17 heavy (non-hydrogen) atoms. The number of ether oxygens (including phenoxy) is 2. The maximum Gasteiger partial charge on any atom is 0.224 e. The van der Waals surface area contributed by atoms with Gasteiger partial charge >= 0.3 is 0 Å². The summed E-state index contributed by atoms with van der Waals surface area (Å²) >= 11 is 6.12. The van der Waals surface area contributed by atoms with Crippen molar-refractivity contribution in [1.29, 1.82) is 0 Å². The van der Waals surface area contributed by atoms with Gasteiger partial charge < -0.3 is 14.8 Å². The van der Waals surface area contributed by atoms with E-state index in [9.17, 15) is 4.79 Å². The number of hydrogen-bond donors (Lipinski definition) is 1. The second-order valence-electron chi connectivity index (χ2n) is 4.25. The van der Waals surface area contributed by atoms with Crippen LogP contribution < -0.4 is 10.1 Å². The number of nitrogens with one attached hydrogen (secondary N) is 1. The summed E-state index contributed by atoms with van der Waals surface area (Å²) in [7, 11) is 0. The van der Waals surface area contributed by atoms with Crippen molar-refractivity contribution in [2.75, 3.05) is 18.5 Å². The van der Waals surface area contributed by atoms with Crippen LogP contribution >= 0.6 is 11.6 Å². The van der Waals surface area contributed by atoms with E-state index in [1.165, 1.54) is 0 Å². The topological polar surface area (TPSA) is 50.9 Å². The molecule has 0 spiro atoms. The molecule has 1 unspecified atom stereocenters. The highest BCUT2D eigenvalue weighted by Crippen LogP contribution is 2.34. The molecule has 4 nitrogen and oxygen atoms in total. The molecular formula is C12H12ClNO3. The molecule has 0 radical (unpaired) electrons. The number of anilines is 1. The molecule has 1 aromatic carbocycles. The highest BCUT2D eigenvalue weighted by molar-refractivity contribution is 6.32. The number of fused-ring (bicyclic) bond motifs is 1. The Labute approximate surface area is 104 Å². The first kappa shape index (κ1) is 10.9. The number of carbonyl (C=O) groups excluding carboxylic acids is 1. The fourth-order valence-electron chi connectivity index (χ4n) is 1.84. The van der Waals surface area contributed by atoms with Gasteiger partial charge in [0.15, 0.2) is 0 Å². The number of benzene rings is 1. The molecule has 0 aromatic heterocycles. The molecule has 5 heteroatoms. The monoisotopic (exact) mass is 253 g/mol. The lowest BCUT2D eigenvalue weighted by molar-refractivity contribution is -0.116. The van der Waals surface area contributed by atoms with Gasteiger partial charge in [0.05, 0.1) is 11.6 Å². The third-order valence-electron chi connectivity index (χ3n) is 2.88. The van der Waals surface area contributed by atoms with Crippen LogP contribution in [0.5, 0.6) is 5.75 Å². The van der Waals surface area contributed by atoms with Crippen molar-refractivity contribution in [3.8, 4) is 5.75 Å². The lowest BCUT2D eigenvalue weighted by Gasteiger charge is -2.18. The maximum absolute atomic E-state index is 11.3. The SMILES string of the molecule is O=C1CCc2cc(Cl)c(OCC3CO3)cc2N1. The third-order valence-corrected chi connectivity index (χ3v) is 3.18. The van der Waals surface area contributed by atoms with Crippen molar-refractivity contribution in [2.24, 2.45) is 0 Å². The van der Waals surface area contributed by atoms with Gasteiger partial charge in [-0.15, -0.1) is 0 Å². The summed E-state index contributed by atoms with van der Waals surface area (Å²) in [4.78, 5) is 11.3. The predicted molar refractivity (Wildman–Crippen MR) is 63.6 cm³/mol. The van der Waals surface area contributed by atoms with Crippen molar-refractivity contribution >= 4 is 23.2 Å². The number of halogens is 1. The minimum atomic E-state index is 0.0382. The number of aryl methyl sites for hydroxylation is 1. The van der Waals surface area contributed by atoms with Gasteiger partial charge in [-0.05, 0) is 18.1 Å². The summed E-state index contributed by atoms with van der Waals surface area (Å²) in [5, 5.41) is 3.41. The van der Waals surface area contributed by atoms with Crippen LogP contribution in [0.4, 0.5) is 5.69 Å². The molecule has 1 atom stereocenters. The van der Waals surface area contributed by atoms with Crippen LogP contribution in [0.15, 0.2) is 12.1 Å². The van der Waals surface area contributed by atoms with Crippen LogP contribution in [-0.4, -0.2) is 25.2 Å². The summed E-state index contributed by atoms with van der Waals surface area (Å²) in [6.07, 6.45) is 1.43. The van der Waals surface area contributed by atoms with Gasteiger partial charge in [-0.2, -0.15) is 0 Å². The van der Waals surface area contributed by atoms with E-state index in [4.69, 9.17) is 21.1 Å². The minimum absolute atomic E-state index is 0.0382. The highest BCUT2D eigenvalue weighted by atomic mass is 35.5. The first-order chi connectivity index (χ1) is 8.22. The van der Waals surface area contributed by atoms with Crippen molar-refractivity contribution in [3.05, 3.63) is 22.7 Å². The Morgan fingerprint density at radius 2 is 2.29 bits per heavy atom. The van der Waals surface area contributed by atoms with Gasteiger partial charge in [-0.1, -0.05) is 11.6 Å². The molecule has 0 saturated carbocycles. The molecule has 1 amide bonds. The van der Waals surface area contributed by atoms with Crippen LogP contribution in [0, 0.1) is 0 Å². The third kappa shape index (κ3) is 2.37. The Morgan fingerprint density at radius 3 is 3.06 bits per heavy atom. The normalized spacial score (nSPS) is 21.7. The zero-order valence-corrected chi connectivity index (χ0v) is 9.92. The van der Waals surface area contributed by atoms with Gasteiger partial charge in [0, 0.05) is 18.2 Å². The number of hydrogen-bond acceptors (Lipinski definition) is 3. The lowest BCUT2D eigenvalue weighted by atomic mass is 10.0. The number of carbonyl (C=O) groups is 1. The molecule has 1 aromatic rings. The molecule has 2 aliphatic rings. The van der Waals surface area contributed by atoms with E-state index in [0.717, 1.165) is 24.3 Å². The molecule has 0 aliphatic carbocycles. The summed E-state index contributed by atoms with van der Waals surface area (Å²) in [6, 6.07) is 3.65. The van der Waals surface area contributed by atoms with Crippen LogP contribution in [0.3, 0.4) is 0 Å². The Kier molecular flexibility index (Phi) is 2.68. The molecule has 90 valence electrons. The van der Waals surface area contributed by atoms with Gasteiger partial charge in [0.2, 0.25) is 5.91 Å². The van der Waals surface area contributed by atoms with Gasteiger partial charge in [0.25, 0.3) is 0 Å². The molecule has 2 heterocycles. The van der Waals surface area contributed by atoms with Crippen LogP contribution in [0.1, 0.15) is 12.0 Å². The van der Waals surface area contributed by atoms with Crippen molar-refractivity contribution in [3.63, 3.8) is 0 Å². The highest BCUT2D eigenvalue weighted by Gasteiger charge is 2.24. The van der Waals surface area contributed by atoms with Gasteiger partial charge in [-0.3, -0.25) is 4.79 Å². The average molecular weight is 254 g/mol. The summed E-state index contributed by atoms with van der Waals surface area (Å²) in [5.74, 6) is 0.638. The minimum Gasteiger partial charge on any atom is -0.489 e. The lowest BCUT2D eigenvalue weighted by Crippen LogP contribution is -2.19. The van der Waals surface area contributed by atoms with E-state index in [2.05, 4.69) is 5.32 Å². The second kappa shape index (κ2) is 4.20.